The summed E-state index contributed by atoms with van der Waals surface area (Å²) in [6.07, 6.45) is 0.0886. The SMILES string of the molecule is COc1ccc(OC)c(C(C)NC(=O)C2Cc3ccccc3O2)c1. The van der Waals surface area contributed by atoms with E-state index in [0.717, 1.165) is 22.6 Å². The molecule has 0 aliphatic carbocycles. The van der Waals surface area contributed by atoms with Crippen molar-refractivity contribution >= 4 is 5.91 Å². The summed E-state index contributed by atoms with van der Waals surface area (Å²) >= 11 is 0. The van der Waals surface area contributed by atoms with Crippen molar-refractivity contribution in [2.24, 2.45) is 0 Å². The molecule has 0 saturated carbocycles. The summed E-state index contributed by atoms with van der Waals surface area (Å²) in [5.74, 6) is 2.07. The number of rotatable bonds is 5. The molecular formula is C19H21NO4. The third-order valence-electron chi connectivity index (χ3n) is 4.20. The lowest BCUT2D eigenvalue weighted by Gasteiger charge is -2.20. The van der Waals surface area contributed by atoms with Gasteiger partial charge in [0.2, 0.25) is 0 Å². The van der Waals surface area contributed by atoms with Gasteiger partial charge in [0.25, 0.3) is 5.91 Å². The Hall–Kier alpha value is -2.69. The Morgan fingerprint density at radius 1 is 1.21 bits per heavy atom. The van der Waals surface area contributed by atoms with Crippen LogP contribution in [0.1, 0.15) is 24.1 Å². The van der Waals surface area contributed by atoms with Gasteiger partial charge in [0.05, 0.1) is 20.3 Å². The molecule has 0 bridgehead atoms. The zero-order chi connectivity index (χ0) is 17.1. The van der Waals surface area contributed by atoms with Gasteiger partial charge in [-0.05, 0) is 36.8 Å². The van der Waals surface area contributed by atoms with Crippen LogP contribution in [-0.4, -0.2) is 26.2 Å². The quantitative estimate of drug-likeness (QED) is 0.917. The molecule has 2 aromatic carbocycles. The number of amides is 1. The molecule has 24 heavy (non-hydrogen) atoms. The summed E-state index contributed by atoms with van der Waals surface area (Å²) in [6, 6.07) is 13.0. The highest BCUT2D eigenvalue weighted by Gasteiger charge is 2.30. The second-order valence-electron chi connectivity index (χ2n) is 5.76. The molecule has 2 unspecified atom stereocenters. The zero-order valence-electron chi connectivity index (χ0n) is 14.0. The van der Waals surface area contributed by atoms with Crippen LogP contribution in [0.5, 0.6) is 17.2 Å². The molecule has 2 aromatic rings. The van der Waals surface area contributed by atoms with E-state index in [9.17, 15) is 4.79 Å². The first kappa shape index (κ1) is 16.2. The fourth-order valence-corrected chi connectivity index (χ4v) is 2.89. The lowest BCUT2D eigenvalue weighted by Crippen LogP contribution is -2.38. The Kier molecular flexibility index (Phi) is 4.60. The van der Waals surface area contributed by atoms with Gasteiger partial charge in [-0.2, -0.15) is 0 Å². The van der Waals surface area contributed by atoms with Crippen LogP contribution in [0.3, 0.4) is 0 Å². The number of nitrogens with one attached hydrogen (secondary N) is 1. The number of carbonyl (C=O) groups excluding carboxylic acids is 1. The zero-order valence-corrected chi connectivity index (χ0v) is 14.0. The maximum atomic E-state index is 12.5. The van der Waals surface area contributed by atoms with Crippen LogP contribution >= 0.6 is 0 Å². The molecule has 1 amide bonds. The molecule has 0 aromatic heterocycles. The van der Waals surface area contributed by atoms with Crippen LogP contribution in [0.25, 0.3) is 0 Å². The van der Waals surface area contributed by atoms with Gasteiger partial charge in [-0.25, -0.2) is 0 Å². The fraction of sp³-hybridized carbons (Fsp3) is 0.316. The molecule has 2 atom stereocenters. The highest BCUT2D eigenvalue weighted by atomic mass is 16.5. The first-order valence-electron chi connectivity index (χ1n) is 7.89. The third kappa shape index (κ3) is 3.15. The average Bonchev–Trinajstić information content (AvgIpc) is 3.05. The number of carbonyl (C=O) groups is 1. The van der Waals surface area contributed by atoms with Crippen molar-refractivity contribution < 1.29 is 19.0 Å². The van der Waals surface area contributed by atoms with Crippen LogP contribution in [0.2, 0.25) is 0 Å². The first-order chi connectivity index (χ1) is 11.6. The van der Waals surface area contributed by atoms with Crippen molar-refractivity contribution in [3.8, 4) is 17.2 Å². The topological polar surface area (TPSA) is 56.8 Å². The second-order valence-corrected chi connectivity index (χ2v) is 5.76. The molecule has 126 valence electrons. The Morgan fingerprint density at radius 2 is 2.00 bits per heavy atom. The van der Waals surface area contributed by atoms with Crippen LogP contribution in [0.15, 0.2) is 42.5 Å². The minimum absolute atomic E-state index is 0.136. The number of fused-ring (bicyclic) bond motifs is 1. The Morgan fingerprint density at radius 3 is 2.71 bits per heavy atom. The normalized spacial score (nSPS) is 16.7. The molecule has 1 aliphatic rings. The fourth-order valence-electron chi connectivity index (χ4n) is 2.89. The van der Waals surface area contributed by atoms with Gasteiger partial charge in [-0.1, -0.05) is 18.2 Å². The van der Waals surface area contributed by atoms with Crippen LogP contribution < -0.4 is 19.5 Å². The molecule has 5 nitrogen and oxygen atoms in total. The monoisotopic (exact) mass is 327 g/mol. The number of benzene rings is 2. The summed E-state index contributed by atoms with van der Waals surface area (Å²) in [7, 11) is 3.22. The van der Waals surface area contributed by atoms with E-state index in [2.05, 4.69) is 5.32 Å². The minimum Gasteiger partial charge on any atom is -0.497 e. The van der Waals surface area contributed by atoms with Gasteiger partial charge in [-0.15, -0.1) is 0 Å². The summed E-state index contributed by atoms with van der Waals surface area (Å²) < 4.78 is 16.4. The van der Waals surface area contributed by atoms with Crippen LogP contribution in [0.4, 0.5) is 0 Å². The number of hydrogen-bond acceptors (Lipinski definition) is 4. The highest BCUT2D eigenvalue weighted by Crippen LogP contribution is 2.31. The molecule has 0 radical (unpaired) electrons. The largest absolute Gasteiger partial charge is 0.497 e. The van der Waals surface area contributed by atoms with Crippen molar-refractivity contribution in [3.05, 3.63) is 53.6 Å². The summed E-state index contributed by atoms with van der Waals surface area (Å²) in [5.41, 5.74) is 1.92. The lowest BCUT2D eigenvalue weighted by molar-refractivity contribution is -0.127. The van der Waals surface area contributed by atoms with Crippen molar-refractivity contribution in [3.63, 3.8) is 0 Å². The molecule has 0 saturated heterocycles. The van der Waals surface area contributed by atoms with Gasteiger partial charge < -0.3 is 19.5 Å². The molecule has 5 heteroatoms. The van der Waals surface area contributed by atoms with Gasteiger partial charge in [-0.3, -0.25) is 4.79 Å². The first-order valence-corrected chi connectivity index (χ1v) is 7.89. The molecule has 0 spiro atoms. The van der Waals surface area contributed by atoms with E-state index in [1.165, 1.54) is 0 Å². The van der Waals surface area contributed by atoms with E-state index in [0.29, 0.717) is 12.2 Å². The van der Waals surface area contributed by atoms with Crippen molar-refractivity contribution in [1.82, 2.24) is 5.32 Å². The number of ether oxygens (including phenoxy) is 3. The molecule has 3 rings (SSSR count). The van der Waals surface area contributed by atoms with E-state index in [-0.39, 0.29) is 11.9 Å². The van der Waals surface area contributed by atoms with Crippen molar-refractivity contribution in [2.45, 2.75) is 25.5 Å². The smallest absolute Gasteiger partial charge is 0.261 e. The molecule has 1 aliphatic heterocycles. The molecule has 1 N–H and O–H groups in total. The predicted molar refractivity (Wildman–Crippen MR) is 90.7 cm³/mol. The maximum Gasteiger partial charge on any atom is 0.261 e. The summed E-state index contributed by atoms with van der Waals surface area (Å²) in [4.78, 5) is 12.5. The molecular weight excluding hydrogens is 306 g/mol. The van der Waals surface area contributed by atoms with Crippen LogP contribution in [0, 0.1) is 0 Å². The number of hydrogen-bond donors (Lipinski definition) is 1. The second kappa shape index (κ2) is 6.83. The number of methoxy groups -OCH3 is 2. The van der Waals surface area contributed by atoms with E-state index in [1.54, 1.807) is 14.2 Å². The Balaban J connectivity index is 1.71. The number of para-hydroxylation sites is 1. The summed E-state index contributed by atoms with van der Waals surface area (Å²) in [5, 5.41) is 3.00. The maximum absolute atomic E-state index is 12.5. The van der Waals surface area contributed by atoms with Gasteiger partial charge in [0, 0.05) is 12.0 Å². The summed E-state index contributed by atoms with van der Waals surface area (Å²) in [6.45, 7) is 1.91. The highest BCUT2D eigenvalue weighted by molar-refractivity contribution is 5.83. The lowest BCUT2D eigenvalue weighted by atomic mass is 10.1. The van der Waals surface area contributed by atoms with Gasteiger partial charge >= 0.3 is 0 Å². The Labute approximate surface area is 141 Å². The predicted octanol–water partition coefficient (Wildman–Crippen LogP) is 2.88. The van der Waals surface area contributed by atoms with Gasteiger partial charge in [0.15, 0.2) is 6.10 Å². The van der Waals surface area contributed by atoms with Crippen molar-refractivity contribution in [1.29, 1.82) is 0 Å². The van der Waals surface area contributed by atoms with E-state index >= 15 is 0 Å². The third-order valence-corrected chi connectivity index (χ3v) is 4.20. The van der Waals surface area contributed by atoms with Crippen LogP contribution in [-0.2, 0) is 11.2 Å². The molecule has 1 heterocycles. The van der Waals surface area contributed by atoms with E-state index in [4.69, 9.17) is 14.2 Å². The standard InChI is InChI=1S/C19H21NO4/c1-12(15-11-14(22-2)8-9-17(15)23-3)20-19(21)18-10-13-6-4-5-7-16(13)24-18/h4-9,11-12,18H,10H2,1-3H3,(H,20,21). The average molecular weight is 327 g/mol. The Bertz CT molecular complexity index is 719. The van der Waals surface area contributed by atoms with E-state index in [1.807, 2.05) is 49.4 Å². The van der Waals surface area contributed by atoms with Gasteiger partial charge in [0.1, 0.15) is 17.2 Å². The minimum atomic E-state index is -0.499. The molecule has 0 fully saturated rings. The van der Waals surface area contributed by atoms with E-state index < -0.39 is 6.10 Å². The van der Waals surface area contributed by atoms with Crippen molar-refractivity contribution in [2.75, 3.05) is 14.2 Å².